The maximum Gasteiger partial charge on any atom is 0.437 e. The Balaban J connectivity index is 1.70. The molecule has 2 aromatic rings. The standard InChI is InChI=1S/C14H14F3N5O2/c1-9-12(19-3-2-18-9)21-4-6-22(7-5-21)13(23)10-8-24-20-11(10)14(15,16)17/h2-3,8H,4-7H2,1H3. The molecule has 10 heteroatoms. The molecule has 0 saturated carbocycles. The molecule has 7 nitrogen and oxygen atoms in total. The van der Waals surface area contributed by atoms with Crippen LogP contribution in [0.5, 0.6) is 0 Å². The van der Waals surface area contributed by atoms with Gasteiger partial charge in [-0.15, -0.1) is 0 Å². The normalized spacial score (nSPS) is 15.7. The highest BCUT2D eigenvalue weighted by atomic mass is 19.4. The molecule has 0 radical (unpaired) electrons. The summed E-state index contributed by atoms with van der Waals surface area (Å²) in [7, 11) is 0. The molecule has 0 bridgehead atoms. The SMILES string of the molecule is Cc1nccnc1N1CCN(C(=O)c2conc2C(F)(F)F)CC1. The molecule has 0 N–H and O–H groups in total. The minimum Gasteiger partial charge on any atom is -0.363 e. The predicted molar refractivity (Wildman–Crippen MR) is 76.4 cm³/mol. The summed E-state index contributed by atoms with van der Waals surface area (Å²) in [5, 5.41) is 2.90. The van der Waals surface area contributed by atoms with Crippen LogP contribution in [0.2, 0.25) is 0 Å². The predicted octanol–water partition coefficient (Wildman–Crippen LogP) is 1.75. The number of halogens is 3. The first kappa shape index (κ1) is 16.2. The maximum absolute atomic E-state index is 12.8. The monoisotopic (exact) mass is 341 g/mol. The van der Waals surface area contributed by atoms with Crippen LogP contribution >= 0.6 is 0 Å². The van der Waals surface area contributed by atoms with Crippen LogP contribution < -0.4 is 4.90 Å². The van der Waals surface area contributed by atoms with E-state index >= 15 is 0 Å². The lowest BCUT2D eigenvalue weighted by atomic mass is 10.2. The molecule has 1 fully saturated rings. The third kappa shape index (κ3) is 3.03. The van der Waals surface area contributed by atoms with Crippen LogP contribution in [-0.4, -0.2) is 52.1 Å². The number of aryl methyl sites for hydroxylation is 1. The second-order valence-electron chi connectivity index (χ2n) is 5.32. The molecule has 1 aliphatic heterocycles. The van der Waals surface area contributed by atoms with Gasteiger partial charge in [-0.2, -0.15) is 13.2 Å². The van der Waals surface area contributed by atoms with E-state index in [1.165, 1.54) is 4.90 Å². The molecule has 1 amide bonds. The van der Waals surface area contributed by atoms with Gasteiger partial charge in [-0.3, -0.25) is 9.78 Å². The highest BCUT2D eigenvalue weighted by molar-refractivity contribution is 5.95. The van der Waals surface area contributed by atoms with Crippen molar-refractivity contribution < 1.29 is 22.5 Å². The smallest absolute Gasteiger partial charge is 0.363 e. The van der Waals surface area contributed by atoms with E-state index in [4.69, 9.17) is 0 Å². The first-order chi connectivity index (χ1) is 11.4. The van der Waals surface area contributed by atoms with E-state index in [-0.39, 0.29) is 13.1 Å². The number of nitrogens with zero attached hydrogens (tertiary/aromatic N) is 5. The zero-order valence-corrected chi connectivity index (χ0v) is 12.7. The lowest BCUT2D eigenvalue weighted by molar-refractivity contribution is -0.143. The van der Waals surface area contributed by atoms with Gasteiger partial charge in [0.15, 0.2) is 5.69 Å². The molecule has 0 atom stereocenters. The number of anilines is 1. The minimum atomic E-state index is -4.73. The van der Waals surface area contributed by atoms with Crippen molar-refractivity contribution in [2.45, 2.75) is 13.1 Å². The fourth-order valence-corrected chi connectivity index (χ4v) is 2.60. The van der Waals surface area contributed by atoms with Gasteiger partial charge in [0.05, 0.1) is 5.69 Å². The Hall–Kier alpha value is -2.65. The molecule has 3 rings (SSSR count). The van der Waals surface area contributed by atoms with Crippen LogP contribution in [-0.2, 0) is 6.18 Å². The van der Waals surface area contributed by atoms with Crippen LogP contribution in [0.3, 0.4) is 0 Å². The molecule has 1 aliphatic rings. The summed E-state index contributed by atoms with van der Waals surface area (Å²) < 4.78 is 42.8. The van der Waals surface area contributed by atoms with E-state index in [1.54, 1.807) is 12.4 Å². The Morgan fingerprint density at radius 2 is 1.83 bits per heavy atom. The summed E-state index contributed by atoms with van der Waals surface area (Å²) in [4.78, 5) is 24.0. The van der Waals surface area contributed by atoms with Crippen LogP contribution in [0.15, 0.2) is 23.2 Å². The molecule has 24 heavy (non-hydrogen) atoms. The van der Waals surface area contributed by atoms with Gasteiger partial charge in [0, 0.05) is 38.6 Å². The average Bonchev–Trinajstić information content (AvgIpc) is 3.05. The Morgan fingerprint density at radius 3 is 2.46 bits per heavy atom. The van der Waals surface area contributed by atoms with Crippen molar-refractivity contribution in [2.24, 2.45) is 0 Å². The number of alkyl halides is 3. The lowest BCUT2D eigenvalue weighted by Gasteiger charge is -2.35. The minimum absolute atomic E-state index is 0.275. The molecule has 2 aromatic heterocycles. The van der Waals surface area contributed by atoms with Crippen molar-refractivity contribution in [3.05, 3.63) is 35.6 Å². The van der Waals surface area contributed by atoms with Gasteiger partial charge >= 0.3 is 6.18 Å². The number of hydrogen-bond acceptors (Lipinski definition) is 6. The number of hydrogen-bond donors (Lipinski definition) is 0. The second kappa shape index (κ2) is 6.10. The fraction of sp³-hybridized carbons (Fsp3) is 0.429. The Bertz CT molecular complexity index is 738. The number of carbonyl (C=O) groups excluding carboxylic acids is 1. The second-order valence-corrected chi connectivity index (χ2v) is 5.32. The zero-order chi connectivity index (χ0) is 17.3. The van der Waals surface area contributed by atoms with Crippen LogP contribution in [0, 0.1) is 6.92 Å². The third-order valence-corrected chi connectivity index (χ3v) is 3.79. The lowest BCUT2D eigenvalue weighted by Crippen LogP contribution is -2.49. The highest BCUT2D eigenvalue weighted by Gasteiger charge is 2.40. The zero-order valence-electron chi connectivity index (χ0n) is 12.7. The number of piperazine rings is 1. The quantitative estimate of drug-likeness (QED) is 0.828. The van der Waals surface area contributed by atoms with E-state index < -0.39 is 23.3 Å². The van der Waals surface area contributed by atoms with Crippen molar-refractivity contribution in [3.63, 3.8) is 0 Å². The van der Waals surface area contributed by atoms with Crippen molar-refractivity contribution in [3.8, 4) is 0 Å². The summed E-state index contributed by atoms with van der Waals surface area (Å²) in [5.41, 5.74) is -1.10. The number of amides is 1. The first-order valence-electron chi connectivity index (χ1n) is 7.21. The first-order valence-corrected chi connectivity index (χ1v) is 7.21. The molecule has 0 spiro atoms. The van der Waals surface area contributed by atoms with Gasteiger partial charge in [0.1, 0.15) is 17.6 Å². The summed E-state index contributed by atoms with van der Waals surface area (Å²) in [6.07, 6.45) is -0.823. The summed E-state index contributed by atoms with van der Waals surface area (Å²) in [5.74, 6) is -0.0235. The Labute approximate surface area is 135 Å². The molecule has 0 aliphatic carbocycles. The largest absolute Gasteiger partial charge is 0.437 e. The molecule has 3 heterocycles. The van der Waals surface area contributed by atoms with Crippen LogP contribution in [0.25, 0.3) is 0 Å². The van der Waals surface area contributed by atoms with Crippen LogP contribution in [0.4, 0.5) is 19.0 Å². The number of aromatic nitrogens is 3. The van der Waals surface area contributed by atoms with Crippen LogP contribution in [0.1, 0.15) is 21.7 Å². The van der Waals surface area contributed by atoms with Gasteiger partial charge in [0.2, 0.25) is 0 Å². The van der Waals surface area contributed by atoms with Gasteiger partial charge in [-0.05, 0) is 6.92 Å². The van der Waals surface area contributed by atoms with Gasteiger partial charge in [-0.1, -0.05) is 5.16 Å². The molecule has 0 aromatic carbocycles. The maximum atomic E-state index is 12.8. The number of carbonyl (C=O) groups is 1. The van der Waals surface area contributed by atoms with Crippen molar-refractivity contribution in [2.75, 3.05) is 31.1 Å². The molecular formula is C14H14F3N5O2. The third-order valence-electron chi connectivity index (χ3n) is 3.79. The van der Waals surface area contributed by atoms with E-state index in [0.29, 0.717) is 18.9 Å². The Kier molecular flexibility index (Phi) is 4.12. The molecule has 1 saturated heterocycles. The van der Waals surface area contributed by atoms with E-state index in [1.807, 2.05) is 11.8 Å². The van der Waals surface area contributed by atoms with E-state index in [9.17, 15) is 18.0 Å². The number of rotatable bonds is 2. The average molecular weight is 341 g/mol. The molecule has 128 valence electrons. The van der Waals surface area contributed by atoms with Crippen molar-refractivity contribution in [1.82, 2.24) is 20.0 Å². The Morgan fingerprint density at radius 1 is 1.17 bits per heavy atom. The molecular weight excluding hydrogens is 327 g/mol. The van der Waals surface area contributed by atoms with Crippen molar-refractivity contribution >= 4 is 11.7 Å². The fourth-order valence-electron chi connectivity index (χ4n) is 2.60. The molecule has 0 unspecified atom stereocenters. The van der Waals surface area contributed by atoms with E-state index in [0.717, 1.165) is 12.0 Å². The highest BCUT2D eigenvalue weighted by Crippen LogP contribution is 2.31. The summed E-state index contributed by atoms with van der Waals surface area (Å²) >= 11 is 0. The topological polar surface area (TPSA) is 75.4 Å². The summed E-state index contributed by atoms with van der Waals surface area (Å²) in [6.45, 7) is 3.29. The van der Waals surface area contributed by atoms with E-state index in [2.05, 4.69) is 19.6 Å². The van der Waals surface area contributed by atoms with Gasteiger partial charge in [0.25, 0.3) is 5.91 Å². The van der Waals surface area contributed by atoms with Gasteiger partial charge in [-0.25, -0.2) is 4.98 Å². The summed E-state index contributed by atoms with van der Waals surface area (Å²) in [6, 6.07) is 0. The van der Waals surface area contributed by atoms with Crippen molar-refractivity contribution in [1.29, 1.82) is 0 Å². The van der Waals surface area contributed by atoms with Gasteiger partial charge < -0.3 is 14.3 Å².